The normalized spacial score (nSPS) is 11.9. The molecule has 0 aliphatic carbocycles. The number of pyridine rings is 1. The molecule has 4 nitrogen and oxygen atoms in total. The van der Waals surface area contributed by atoms with Crippen molar-refractivity contribution in [3.05, 3.63) is 23.9 Å². The fourth-order valence-corrected chi connectivity index (χ4v) is 1.88. The standard InChI is InChI=1S/C14H25N3O/c1-11(2)16-9-12-7-6-8-15-13(12)17(5)10-14(3,4)18/h6-8,11,16,18H,9-10H2,1-5H3. The Bertz CT molecular complexity index is 372. The molecule has 1 aromatic heterocycles. The Kier molecular flexibility index (Phi) is 5.11. The summed E-state index contributed by atoms with van der Waals surface area (Å²) in [5, 5.41) is 13.3. The van der Waals surface area contributed by atoms with Crippen LogP contribution in [-0.4, -0.2) is 35.3 Å². The van der Waals surface area contributed by atoms with Crippen molar-refractivity contribution in [1.82, 2.24) is 10.3 Å². The van der Waals surface area contributed by atoms with E-state index in [1.54, 1.807) is 20.0 Å². The van der Waals surface area contributed by atoms with Crippen LogP contribution in [0.3, 0.4) is 0 Å². The van der Waals surface area contributed by atoms with E-state index in [1.165, 1.54) is 0 Å². The molecule has 0 aromatic carbocycles. The number of likely N-dealkylation sites (N-methyl/N-ethyl adjacent to an activating group) is 1. The molecule has 1 aromatic rings. The number of hydrogen-bond donors (Lipinski definition) is 2. The van der Waals surface area contributed by atoms with E-state index in [9.17, 15) is 5.11 Å². The molecule has 0 bridgehead atoms. The first kappa shape index (κ1) is 14.9. The van der Waals surface area contributed by atoms with Crippen LogP contribution >= 0.6 is 0 Å². The van der Waals surface area contributed by atoms with Crippen LogP contribution in [0.2, 0.25) is 0 Å². The molecular formula is C14H25N3O. The zero-order valence-electron chi connectivity index (χ0n) is 12.1. The van der Waals surface area contributed by atoms with Gasteiger partial charge in [-0.15, -0.1) is 0 Å². The molecule has 0 radical (unpaired) electrons. The van der Waals surface area contributed by atoms with Crippen molar-refractivity contribution in [2.45, 2.75) is 45.9 Å². The molecule has 0 saturated carbocycles. The predicted molar refractivity (Wildman–Crippen MR) is 75.8 cm³/mol. The van der Waals surface area contributed by atoms with Gasteiger partial charge in [-0.05, 0) is 19.9 Å². The molecular weight excluding hydrogens is 226 g/mol. The molecule has 0 atom stereocenters. The lowest BCUT2D eigenvalue weighted by atomic mass is 10.1. The molecule has 4 heteroatoms. The third-order valence-electron chi connectivity index (χ3n) is 2.55. The van der Waals surface area contributed by atoms with Crippen LogP contribution in [0.25, 0.3) is 0 Å². The van der Waals surface area contributed by atoms with Gasteiger partial charge in [-0.1, -0.05) is 19.9 Å². The van der Waals surface area contributed by atoms with Crippen LogP contribution in [-0.2, 0) is 6.54 Å². The Morgan fingerprint density at radius 3 is 2.67 bits per heavy atom. The Morgan fingerprint density at radius 2 is 2.11 bits per heavy atom. The summed E-state index contributed by atoms with van der Waals surface area (Å²) in [4.78, 5) is 6.41. The SMILES string of the molecule is CC(C)NCc1cccnc1N(C)CC(C)(C)O. The number of hydrogen-bond acceptors (Lipinski definition) is 4. The topological polar surface area (TPSA) is 48.4 Å². The second kappa shape index (κ2) is 6.16. The van der Waals surface area contributed by atoms with Gasteiger partial charge in [0.15, 0.2) is 0 Å². The van der Waals surface area contributed by atoms with Crippen molar-refractivity contribution < 1.29 is 5.11 Å². The van der Waals surface area contributed by atoms with Gasteiger partial charge in [0, 0.05) is 37.9 Å². The summed E-state index contributed by atoms with van der Waals surface area (Å²) in [7, 11) is 1.96. The fraction of sp³-hybridized carbons (Fsp3) is 0.643. The molecule has 0 aliphatic heterocycles. The van der Waals surface area contributed by atoms with Gasteiger partial charge in [0.05, 0.1) is 5.60 Å². The van der Waals surface area contributed by atoms with Gasteiger partial charge >= 0.3 is 0 Å². The molecule has 0 saturated heterocycles. The number of nitrogens with one attached hydrogen (secondary N) is 1. The Hall–Kier alpha value is -1.13. The third-order valence-corrected chi connectivity index (χ3v) is 2.55. The second-order valence-corrected chi connectivity index (χ2v) is 5.69. The summed E-state index contributed by atoms with van der Waals surface area (Å²) in [6.45, 7) is 9.19. The average molecular weight is 251 g/mol. The first-order valence-corrected chi connectivity index (χ1v) is 6.40. The van der Waals surface area contributed by atoms with Gasteiger partial charge in [0.2, 0.25) is 0 Å². The zero-order chi connectivity index (χ0) is 13.8. The lowest BCUT2D eigenvalue weighted by Gasteiger charge is -2.28. The Labute approximate surface area is 110 Å². The van der Waals surface area contributed by atoms with Gasteiger partial charge < -0.3 is 15.3 Å². The molecule has 0 unspecified atom stereocenters. The third kappa shape index (κ3) is 5.02. The van der Waals surface area contributed by atoms with Crippen LogP contribution in [0.1, 0.15) is 33.3 Å². The number of aromatic nitrogens is 1. The molecule has 102 valence electrons. The van der Waals surface area contributed by atoms with Crippen molar-refractivity contribution >= 4 is 5.82 Å². The Balaban J connectivity index is 2.80. The quantitative estimate of drug-likeness (QED) is 0.809. The van der Waals surface area contributed by atoms with Crippen molar-refractivity contribution in [2.75, 3.05) is 18.5 Å². The highest BCUT2D eigenvalue weighted by molar-refractivity contribution is 5.46. The predicted octanol–water partition coefficient (Wildman–Crippen LogP) is 1.79. The van der Waals surface area contributed by atoms with E-state index >= 15 is 0 Å². The van der Waals surface area contributed by atoms with Gasteiger partial charge in [-0.25, -0.2) is 4.98 Å². The van der Waals surface area contributed by atoms with Crippen molar-refractivity contribution in [1.29, 1.82) is 0 Å². The molecule has 0 amide bonds. The maximum Gasteiger partial charge on any atom is 0.132 e. The van der Waals surface area contributed by atoms with Gasteiger partial charge in [0.1, 0.15) is 5.82 Å². The highest BCUT2D eigenvalue weighted by Gasteiger charge is 2.18. The molecule has 18 heavy (non-hydrogen) atoms. The average Bonchev–Trinajstić information content (AvgIpc) is 2.24. The summed E-state index contributed by atoms with van der Waals surface area (Å²) in [5.41, 5.74) is 0.424. The molecule has 0 fully saturated rings. The van der Waals surface area contributed by atoms with Crippen LogP contribution in [0.15, 0.2) is 18.3 Å². The van der Waals surface area contributed by atoms with Crippen LogP contribution in [0.5, 0.6) is 0 Å². The minimum absolute atomic E-state index is 0.442. The van der Waals surface area contributed by atoms with Crippen molar-refractivity contribution in [2.24, 2.45) is 0 Å². The van der Waals surface area contributed by atoms with E-state index in [0.717, 1.165) is 17.9 Å². The van der Waals surface area contributed by atoms with Gasteiger partial charge in [-0.3, -0.25) is 0 Å². The molecule has 2 N–H and O–H groups in total. The first-order valence-electron chi connectivity index (χ1n) is 6.40. The smallest absolute Gasteiger partial charge is 0.132 e. The number of nitrogens with zero attached hydrogens (tertiary/aromatic N) is 2. The fourth-order valence-electron chi connectivity index (χ4n) is 1.88. The van der Waals surface area contributed by atoms with E-state index < -0.39 is 5.60 Å². The molecule has 1 rings (SSSR count). The van der Waals surface area contributed by atoms with E-state index in [1.807, 2.05) is 18.0 Å². The maximum absolute atomic E-state index is 9.87. The summed E-state index contributed by atoms with van der Waals surface area (Å²) in [6, 6.07) is 4.45. The highest BCUT2D eigenvalue weighted by atomic mass is 16.3. The lowest BCUT2D eigenvalue weighted by molar-refractivity contribution is 0.0884. The van der Waals surface area contributed by atoms with E-state index in [0.29, 0.717) is 12.6 Å². The van der Waals surface area contributed by atoms with E-state index in [-0.39, 0.29) is 0 Å². The molecule has 0 aliphatic rings. The summed E-state index contributed by atoms with van der Waals surface area (Å²) < 4.78 is 0. The zero-order valence-corrected chi connectivity index (χ0v) is 12.1. The minimum Gasteiger partial charge on any atom is -0.389 e. The van der Waals surface area contributed by atoms with Gasteiger partial charge in [-0.2, -0.15) is 0 Å². The largest absolute Gasteiger partial charge is 0.389 e. The van der Waals surface area contributed by atoms with Crippen LogP contribution in [0, 0.1) is 0 Å². The second-order valence-electron chi connectivity index (χ2n) is 5.69. The Morgan fingerprint density at radius 1 is 1.44 bits per heavy atom. The van der Waals surface area contributed by atoms with Gasteiger partial charge in [0.25, 0.3) is 0 Å². The summed E-state index contributed by atoms with van der Waals surface area (Å²) in [6.07, 6.45) is 1.79. The number of aliphatic hydroxyl groups is 1. The summed E-state index contributed by atoms with van der Waals surface area (Å²) >= 11 is 0. The molecule has 0 spiro atoms. The maximum atomic E-state index is 9.87. The number of rotatable bonds is 6. The van der Waals surface area contributed by atoms with Crippen molar-refractivity contribution in [3.63, 3.8) is 0 Å². The summed E-state index contributed by atoms with van der Waals surface area (Å²) in [5.74, 6) is 0.924. The molecule has 1 heterocycles. The van der Waals surface area contributed by atoms with E-state index in [2.05, 4.69) is 30.2 Å². The minimum atomic E-state index is -0.727. The van der Waals surface area contributed by atoms with Crippen LogP contribution < -0.4 is 10.2 Å². The van der Waals surface area contributed by atoms with Crippen LogP contribution in [0.4, 0.5) is 5.82 Å². The van der Waals surface area contributed by atoms with E-state index in [4.69, 9.17) is 0 Å². The monoisotopic (exact) mass is 251 g/mol. The number of anilines is 1. The van der Waals surface area contributed by atoms with Crippen molar-refractivity contribution in [3.8, 4) is 0 Å². The lowest BCUT2D eigenvalue weighted by Crippen LogP contribution is -2.37. The highest BCUT2D eigenvalue weighted by Crippen LogP contribution is 2.18. The first-order chi connectivity index (χ1) is 8.29.